The third-order valence-corrected chi connectivity index (χ3v) is 2.43. The first-order chi connectivity index (χ1) is 7.38. The van der Waals surface area contributed by atoms with E-state index in [9.17, 15) is 0 Å². The molecule has 0 amide bonds. The minimum absolute atomic E-state index is 0.793. The lowest BCUT2D eigenvalue weighted by atomic mass is 10.2. The molecule has 15 heavy (non-hydrogen) atoms. The second kappa shape index (κ2) is 2.98. The maximum absolute atomic E-state index is 5.65. The van der Waals surface area contributed by atoms with E-state index >= 15 is 0 Å². The number of hydrogen-bond acceptors (Lipinski definition) is 3. The molecule has 3 heteroatoms. The summed E-state index contributed by atoms with van der Waals surface area (Å²) in [5.74, 6) is 0.793. The molecule has 0 radical (unpaired) electrons. The fourth-order valence-corrected chi connectivity index (χ4v) is 1.70. The van der Waals surface area contributed by atoms with E-state index in [4.69, 9.17) is 9.15 Å². The number of fused-ring (bicyclic) bond motifs is 3. The Morgan fingerprint density at radius 2 is 2.13 bits per heavy atom. The van der Waals surface area contributed by atoms with Crippen LogP contribution in [0.2, 0.25) is 0 Å². The summed E-state index contributed by atoms with van der Waals surface area (Å²) in [5, 5.41) is 1.02. The topological polar surface area (TPSA) is 35.3 Å². The Kier molecular flexibility index (Phi) is 1.65. The van der Waals surface area contributed by atoms with Gasteiger partial charge in [0.05, 0.1) is 7.11 Å². The van der Waals surface area contributed by atoms with Crippen LogP contribution in [-0.4, -0.2) is 12.1 Å². The van der Waals surface area contributed by atoms with Gasteiger partial charge in [-0.2, -0.15) is 0 Å². The Labute approximate surface area is 86.3 Å². The predicted octanol–water partition coefficient (Wildman–Crippen LogP) is 2.99. The molecule has 0 saturated heterocycles. The fraction of sp³-hybridized carbons (Fsp3) is 0.0833. The van der Waals surface area contributed by atoms with Gasteiger partial charge in [-0.15, -0.1) is 0 Å². The van der Waals surface area contributed by atoms with Crippen LogP contribution >= 0.6 is 0 Å². The van der Waals surface area contributed by atoms with E-state index in [1.165, 1.54) is 0 Å². The summed E-state index contributed by atoms with van der Waals surface area (Å²) in [6.07, 6.45) is 1.77. The third-order valence-electron chi connectivity index (χ3n) is 2.43. The second-order valence-corrected chi connectivity index (χ2v) is 3.31. The van der Waals surface area contributed by atoms with Gasteiger partial charge in [0.2, 0.25) is 0 Å². The molecular formula is C12H9NO2. The SMILES string of the molecule is COc1ccc2c(c1)oc1cccnc12. The van der Waals surface area contributed by atoms with E-state index in [2.05, 4.69) is 4.98 Å². The van der Waals surface area contributed by atoms with E-state index in [1.807, 2.05) is 30.3 Å². The highest BCUT2D eigenvalue weighted by molar-refractivity contribution is 6.02. The van der Waals surface area contributed by atoms with E-state index in [1.54, 1.807) is 13.3 Å². The van der Waals surface area contributed by atoms with Crippen molar-refractivity contribution in [1.29, 1.82) is 0 Å². The van der Waals surface area contributed by atoms with Gasteiger partial charge in [-0.05, 0) is 24.3 Å². The Balaban J connectivity index is 2.43. The Bertz CT molecular complexity index is 628. The molecule has 0 spiro atoms. The molecule has 1 aromatic carbocycles. The minimum atomic E-state index is 0.793. The summed E-state index contributed by atoms with van der Waals surface area (Å²) < 4.78 is 10.8. The lowest BCUT2D eigenvalue weighted by Crippen LogP contribution is -1.80. The molecule has 0 bridgehead atoms. The molecule has 2 heterocycles. The molecule has 0 aliphatic heterocycles. The molecule has 0 unspecified atom stereocenters. The standard InChI is InChI=1S/C12H9NO2/c1-14-8-4-5-9-11(7-8)15-10-3-2-6-13-12(9)10/h2-7H,1H3. The highest BCUT2D eigenvalue weighted by Gasteiger charge is 2.07. The van der Waals surface area contributed by atoms with Crippen LogP contribution in [0.15, 0.2) is 40.9 Å². The van der Waals surface area contributed by atoms with Crippen LogP contribution < -0.4 is 4.74 Å². The van der Waals surface area contributed by atoms with Gasteiger partial charge >= 0.3 is 0 Å². The summed E-state index contributed by atoms with van der Waals surface area (Å²) >= 11 is 0. The number of pyridine rings is 1. The maximum atomic E-state index is 5.65. The molecule has 0 fully saturated rings. The van der Waals surface area contributed by atoms with Gasteiger partial charge < -0.3 is 9.15 Å². The van der Waals surface area contributed by atoms with Crippen molar-refractivity contribution >= 4 is 22.1 Å². The first-order valence-corrected chi connectivity index (χ1v) is 4.70. The zero-order chi connectivity index (χ0) is 10.3. The van der Waals surface area contributed by atoms with Crippen LogP contribution in [0.1, 0.15) is 0 Å². The molecule has 0 N–H and O–H groups in total. The molecule has 3 nitrogen and oxygen atoms in total. The van der Waals surface area contributed by atoms with Crippen LogP contribution in [0, 0.1) is 0 Å². The van der Waals surface area contributed by atoms with E-state index < -0.39 is 0 Å². The lowest BCUT2D eigenvalue weighted by Gasteiger charge is -1.96. The summed E-state index contributed by atoms with van der Waals surface area (Å²) in [5.41, 5.74) is 2.51. The third kappa shape index (κ3) is 1.16. The maximum Gasteiger partial charge on any atom is 0.153 e. The fourth-order valence-electron chi connectivity index (χ4n) is 1.70. The number of aromatic nitrogens is 1. The molecule has 3 rings (SSSR count). The average Bonchev–Trinajstić information content (AvgIpc) is 2.66. The number of furan rings is 1. The highest BCUT2D eigenvalue weighted by atomic mass is 16.5. The molecule has 0 aliphatic rings. The number of methoxy groups -OCH3 is 1. The Morgan fingerprint density at radius 1 is 1.20 bits per heavy atom. The molecule has 3 aromatic rings. The molecule has 0 saturated carbocycles. The quantitative estimate of drug-likeness (QED) is 0.604. The van der Waals surface area contributed by atoms with Crippen LogP contribution in [0.3, 0.4) is 0 Å². The zero-order valence-electron chi connectivity index (χ0n) is 8.23. The molecule has 2 aromatic heterocycles. The second-order valence-electron chi connectivity index (χ2n) is 3.31. The smallest absolute Gasteiger partial charge is 0.153 e. The Morgan fingerprint density at radius 3 is 3.00 bits per heavy atom. The largest absolute Gasteiger partial charge is 0.497 e. The zero-order valence-corrected chi connectivity index (χ0v) is 8.23. The van der Waals surface area contributed by atoms with E-state index in [-0.39, 0.29) is 0 Å². The van der Waals surface area contributed by atoms with Gasteiger partial charge in [0.1, 0.15) is 16.8 Å². The number of nitrogens with zero attached hydrogens (tertiary/aromatic N) is 1. The van der Waals surface area contributed by atoms with Crippen molar-refractivity contribution in [2.24, 2.45) is 0 Å². The number of benzene rings is 1. The molecule has 0 atom stereocenters. The molecule has 0 aliphatic carbocycles. The van der Waals surface area contributed by atoms with Gasteiger partial charge in [-0.3, -0.25) is 4.98 Å². The summed E-state index contributed by atoms with van der Waals surface area (Å²) in [7, 11) is 1.64. The van der Waals surface area contributed by atoms with E-state index in [0.29, 0.717) is 0 Å². The first kappa shape index (κ1) is 8.29. The summed E-state index contributed by atoms with van der Waals surface area (Å²) in [6.45, 7) is 0. The summed E-state index contributed by atoms with van der Waals surface area (Å²) in [4.78, 5) is 4.29. The minimum Gasteiger partial charge on any atom is -0.497 e. The lowest BCUT2D eigenvalue weighted by molar-refractivity contribution is 0.414. The number of ether oxygens (including phenoxy) is 1. The van der Waals surface area contributed by atoms with Crippen LogP contribution in [0.5, 0.6) is 5.75 Å². The van der Waals surface area contributed by atoms with Gasteiger partial charge in [0, 0.05) is 17.6 Å². The van der Waals surface area contributed by atoms with Crippen molar-refractivity contribution in [2.45, 2.75) is 0 Å². The van der Waals surface area contributed by atoms with E-state index in [0.717, 1.165) is 27.8 Å². The van der Waals surface area contributed by atoms with Crippen LogP contribution in [0.4, 0.5) is 0 Å². The average molecular weight is 199 g/mol. The predicted molar refractivity (Wildman–Crippen MR) is 58.1 cm³/mol. The number of rotatable bonds is 1. The van der Waals surface area contributed by atoms with Gasteiger partial charge in [0.15, 0.2) is 5.58 Å². The van der Waals surface area contributed by atoms with Crippen molar-refractivity contribution in [1.82, 2.24) is 4.98 Å². The number of hydrogen-bond donors (Lipinski definition) is 0. The highest BCUT2D eigenvalue weighted by Crippen LogP contribution is 2.29. The van der Waals surface area contributed by atoms with Crippen LogP contribution in [0.25, 0.3) is 22.1 Å². The van der Waals surface area contributed by atoms with Crippen molar-refractivity contribution in [3.8, 4) is 5.75 Å². The van der Waals surface area contributed by atoms with Crippen molar-refractivity contribution < 1.29 is 9.15 Å². The van der Waals surface area contributed by atoms with Crippen molar-refractivity contribution in [2.75, 3.05) is 7.11 Å². The van der Waals surface area contributed by atoms with Crippen LogP contribution in [-0.2, 0) is 0 Å². The summed E-state index contributed by atoms with van der Waals surface area (Å²) in [6, 6.07) is 9.52. The monoisotopic (exact) mass is 199 g/mol. The van der Waals surface area contributed by atoms with Crippen molar-refractivity contribution in [3.63, 3.8) is 0 Å². The van der Waals surface area contributed by atoms with Gasteiger partial charge in [-0.1, -0.05) is 0 Å². The van der Waals surface area contributed by atoms with Gasteiger partial charge in [-0.25, -0.2) is 0 Å². The Hall–Kier alpha value is -2.03. The first-order valence-electron chi connectivity index (χ1n) is 4.70. The molecule has 74 valence electrons. The van der Waals surface area contributed by atoms with Crippen molar-refractivity contribution in [3.05, 3.63) is 36.5 Å². The molecular weight excluding hydrogens is 190 g/mol. The van der Waals surface area contributed by atoms with Gasteiger partial charge in [0.25, 0.3) is 0 Å². The normalized spacial score (nSPS) is 11.0.